The van der Waals surface area contributed by atoms with Crippen LogP contribution in [0.3, 0.4) is 0 Å². The Bertz CT molecular complexity index is 716. The molecule has 1 aromatic heterocycles. The minimum Gasteiger partial charge on any atom is -0.491 e. The van der Waals surface area contributed by atoms with Gasteiger partial charge in [0.2, 0.25) is 0 Å². The largest absolute Gasteiger partial charge is 0.491 e. The highest BCUT2D eigenvalue weighted by Gasteiger charge is 2.18. The molecule has 1 amide bonds. The van der Waals surface area contributed by atoms with Gasteiger partial charge in [0.1, 0.15) is 11.4 Å². The van der Waals surface area contributed by atoms with Crippen LogP contribution < -0.4 is 10.2 Å². The van der Waals surface area contributed by atoms with Crippen LogP contribution in [-0.4, -0.2) is 23.2 Å². The molecule has 0 aliphatic carbocycles. The van der Waals surface area contributed by atoms with Gasteiger partial charge in [0.05, 0.1) is 22.9 Å². The topological polar surface area (TPSA) is 63.6 Å². The number of fused-ring (bicyclic) bond motifs is 1. The van der Waals surface area contributed by atoms with Crippen LogP contribution in [-0.2, 0) is 0 Å². The van der Waals surface area contributed by atoms with Gasteiger partial charge in [-0.3, -0.25) is 9.78 Å². The zero-order chi connectivity index (χ0) is 14.7. The lowest BCUT2D eigenvalue weighted by Gasteiger charge is -2.17. The molecule has 0 saturated carbocycles. The summed E-state index contributed by atoms with van der Waals surface area (Å²) in [7, 11) is 0. The van der Waals surface area contributed by atoms with Gasteiger partial charge in [-0.25, -0.2) is 5.43 Å². The fourth-order valence-electron chi connectivity index (χ4n) is 2.03. The van der Waals surface area contributed by atoms with Crippen molar-refractivity contribution in [2.45, 2.75) is 6.42 Å². The second-order valence-corrected chi connectivity index (χ2v) is 4.84. The summed E-state index contributed by atoms with van der Waals surface area (Å²) in [5.74, 6) is 0.326. The quantitative estimate of drug-likeness (QED) is 0.867. The zero-order valence-corrected chi connectivity index (χ0v) is 11.8. The summed E-state index contributed by atoms with van der Waals surface area (Å²) in [4.78, 5) is 16.3. The maximum atomic E-state index is 12.1. The van der Waals surface area contributed by atoms with Gasteiger partial charge in [-0.1, -0.05) is 23.7 Å². The summed E-state index contributed by atoms with van der Waals surface area (Å²) in [6, 6.07) is 10.4. The smallest absolute Gasteiger partial charge is 0.272 e. The van der Waals surface area contributed by atoms with Crippen LogP contribution >= 0.6 is 11.6 Å². The van der Waals surface area contributed by atoms with E-state index >= 15 is 0 Å². The van der Waals surface area contributed by atoms with Gasteiger partial charge < -0.3 is 4.74 Å². The lowest BCUT2D eigenvalue weighted by atomic mass is 10.1. The lowest BCUT2D eigenvalue weighted by molar-refractivity contribution is 0.0954. The number of nitrogens with one attached hydrogen (secondary N) is 1. The Kier molecular flexibility index (Phi) is 3.83. The van der Waals surface area contributed by atoms with Gasteiger partial charge in [-0.15, -0.1) is 0 Å². The highest BCUT2D eigenvalue weighted by Crippen LogP contribution is 2.22. The average Bonchev–Trinajstić information content (AvgIpc) is 2.53. The Balaban J connectivity index is 1.82. The predicted octanol–water partition coefficient (Wildman–Crippen LogP) is 2.65. The van der Waals surface area contributed by atoms with Crippen molar-refractivity contribution >= 4 is 23.2 Å². The molecule has 106 valence electrons. The Hall–Kier alpha value is -2.40. The van der Waals surface area contributed by atoms with E-state index in [0.717, 1.165) is 0 Å². The third-order valence-electron chi connectivity index (χ3n) is 3.05. The number of hydrogen-bond acceptors (Lipinski definition) is 4. The summed E-state index contributed by atoms with van der Waals surface area (Å²) >= 11 is 5.98. The third kappa shape index (κ3) is 2.87. The van der Waals surface area contributed by atoms with Gasteiger partial charge in [0.25, 0.3) is 5.91 Å². The summed E-state index contributed by atoms with van der Waals surface area (Å²) in [5, 5.41) is 4.55. The number of benzene rings is 1. The number of hydrogen-bond donors (Lipinski definition) is 1. The Morgan fingerprint density at radius 3 is 3.00 bits per heavy atom. The zero-order valence-electron chi connectivity index (χ0n) is 11.0. The third-order valence-corrected chi connectivity index (χ3v) is 3.38. The number of aromatic nitrogens is 1. The van der Waals surface area contributed by atoms with Crippen LogP contribution in [0.2, 0.25) is 5.02 Å². The SMILES string of the molecule is O=C(N/N=C1\CCOc2cccnc21)c1ccccc1Cl. The highest BCUT2D eigenvalue weighted by atomic mass is 35.5. The monoisotopic (exact) mass is 301 g/mol. The molecule has 21 heavy (non-hydrogen) atoms. The fraction of sp³-hybridized carbons (Fsp3) is 0.133. The minimum absolute atomic E-state index is 0.350. The number of hydrazone groups is 1. The molecule has 0 radical (unpaired) electrons. The van der Waals surface area contributed by atoms with Gasteiger partial charge in [-0.05, 0) is 24.3 Å². The lowest BCUT2D eigenvalue weighted by Crippen LogP contribution is -2.24. The normalized spacial score (nSPS) is 15.2. The van der Waals surface area contributed by atoms with Gasteiger partial charge in [-0.2, -0.15) is 5.10 Å². The van der Waals surface area contributed by atoms with E-state index in [1.807, 2.05) is 6.07 Å². The van der Waals surface area contributed by atoms with Crippen LogP contribution in [0.1, 0.15) is 22.5 Å². The summed E-state index contributed by atoms with van der Waals surface area (Å²) in [6.07, 6.45) is 2.26. The van der Waals surface area contributed by atoms with Crippen LogP contribution in [0, 0.1) is 0 Å². The molecule has 2 heterocycles. The number of pyridine rings is 1. The van der Waals surface area contributed by atoms with Crippen molar-refractivity contribution in [3.8, 4) is 5.75 Å². The molecule has 0 unspecified atom stereocenters. The number of carbonyl (C=O) groups excluding carboxylic acids is 1. The van der Waals surface area contributed by atoms with Crippen molar-refractivity contribution in [1.29, 1.82) is 0 Å². The number of nitrogens with zero attached hydrogens (tertiary/aromatic N) is 2. The molecule has 1 N–H and O–H groups in total. The first kappa shape index (κ1) is 13.6. The summed E-state index contributed by atoms with van der Waals surface area (Å²) < 4.78 is 5.49. The maximum absolute atomic E-state index is 12.1. The predicted molar refractivity (Wildman–Crippen MR) is 79.8 cm³/mol. The molecule has 0 saturated heterocycles. The maximum Gasteiger partial charge on any atom is 0.272 e. The minimum atomic E-state index is -0.350. The molecule has 0 bridgehead atoms. The van der Waals surface area contributed by atoms with Crippen molar-refractivity contribution in [2.75, 3.05) is 6.61 Å². The molecule has 0 spiro atoms. The number of rotatable bonds is 2. The molecule has 1 aliphatic rings. The average molecular weight is 302 g/mol. The Labute approximate surface area is 126 Å². The van der Waals surface area contributed by atoms with Crippen molar-refractivity contribution in [3.63, 3.8) is 0 Å². The number of amides is 1. The molecule has 2 aromatic rings. The number of carbonyl (C=O) groups is 1. The first-order valence-electron chi connectivity index (χ1n) is 6.45. The molecule has 1 aliphatic heterocycles. The fourth-order valence-corrected chi connectivity index (χ4v) is 2.25. The molecule has 0 atom stereocenters. The van der Waals surface area contributed by atoms with Crippen LogP contribution in [0.5, 0.6) is 5.75 Å². The Morgan fingerprint density at radius 1 is 1.29 bits per heavy atom. The molecule has 1 aromatic carbocycles. The molecule has 6 heteroatoms. The van der Waals surface area contributed by atoms with Gasteiger partial charge >= 0.3 is 0 Å². The van der Waals surface area contributed by atoms with E-state index in [1.54, 1.807) is 36.5 Å². The van der Waals surface area contributed by atoms with Crippen molar-refractivity contribution in [2.24, 2.45) is 5.10 Å². The summed E-state index contributed by atoms with van der Waals surface area (Å²) in [6.45, 7) is 0.513. The second-order valence-electron chi connectivity index (χ2n) is 4.43. The van der Waals surface area contributed by atoms with Crippen molar-refractivity contribution in [1.82, 2.24) is 10.4 Å². The summed E-state index contributed by atoms with van der Waals surface area (Å²) in [5.41, 5.74) is 4.25. The van der Waals surface area contributed by atoms with E-state index in [4.69, 9.17) is 16.3 Å². The molecular weight excluding hydrogens is 290 g/mol. The van der Waals surface area contributed by atoms with Crippen molar-refractivity contribution < 1.29 is 9.53 Å². The van der Waals surface area contributed by atoms with E-state index < -0.39 is 0 Å². The van der Waals surface area contributed by atoms with E-state index in [1.165, 1.54) is 0 Å². The van der Waals surface area contributed by atoms with Crippen molar-refractivity contribution in [3.05, 3.63) is 58.9 Å². The van der Waals surface area contributed by atoms with Gasteiger partial charge in [0.15, 0.2) is 0 Å². The number of halogens is 1. The van der Waals surface area contributed by atoms with Crippen LogP contribution in [0.4, 0.5) is 0 Å². The van der Waals surface area contributed by atoms with E-state index in [9.17, 15) is 4.79 Å². The molecular formula is C15H12ClN3O2. The van der Waals surface area contributed by atoms with Gasteiger partial charge in [0, 0.05) is 12.6 Å². The van der Waals surface area contributed by atoms with Crippen LogP contribution in [0.15, 0.2) is 47.7 Å². The first-order valence-corrected chi connectivity index (χ1v) is 6.83. The van der Waals surface area contributed by atoms with E-state index in [0.29, 0.717) is 40.8 Å². The molecule has 3 rings (SSSR count). The Morgan fingerprint density at radius 2 is 2.14 bits per heavy atom. The molecule has 5 nitrogen and oxygen atoms in total. The molecule has 0 fully saturated rings. The number of ether oxygens (including phenoxy) is 1. The van der Waals surface area contributed by atoms with E-state index in [-0.39, 0.29) is 5.91 Å². The highest BCUT2D eigenvalue weighted by molar-refractivity contribution is 6.33. The second kappa shape index (κ2) is 5.93. The van der Waals surface area contributed by atoms with E-state index in [2.05, 4.69) is 15.5 Å². The standard InChI is InChI=1S/C15H12ClN3O2/c16-11-5-2-1-4-10(11)15(20)19-18-12-7-9-21-13-6-3-8-17-14(12)13/h1-6,8H,7,9H2,(H,19,20)/b18-12+. The first-order chi connectivity index (χ1) is 10.3. The van der Waals surface area contributed by atoms with Crippen LogP contribution in [0.25, 0.3) is 0 Å².